The normalized spacial score (nSPS) is 12.9. The lowest BCUT2D eigenvalue weighted by Gasteiger charge is -2.16. The molecule has 0 heterocycles. The second-order valence-electron chi connectivity index (χ2n) is 4.50. The molecular formula is C13H17F3N2O. The van der Waals surface area contributed by atoms with Gasteiger partial charge < -0.3 is 10.6 Å². The van der Waals surface area contributed by atoms with E-state index in [1.807, 2.05) is 31.3 Å². The summed E-state index contributed by atoms with van der Waals surface area (Å²) in [6.45, 7) is 4.08. The van der Waals surface area contributed by atoms with E-state index < -0.39 is 24.7 Å². The number of benzene rings is 1. The first-order valence-electron chi connectivity index (χ1n) is 5.87. The molecule has 0 aliphatic heterocycles. The predicted octanol–water partition coefficient (Wildman–Crippen LogP) is 2.78. The van der Waals surface area contributed by atoms with Crippen LogP contribution in [0.2, 0.25) is 0 Å². The molecule has 0 aliphatic rings. The number of amides is 1. The van der Waals surface area contributed by atoms with Gasteiger partial charge in [0, 0.05) is 5.69 Å². The first kappa shape index (κ1) is 15.3. The Bertz CT molecular complexity index is 458. The summed E-state index contributed by atoms with van der Waals surface area (Å²) in [5.74, 6) is -0.685. The van der Waals surface area contributed by atoms with Gasteiger partial charge in [-0.25, -0.2) is 0 Å². The second kappa shape index (κ2) is 5.95. The van der Waals surface area contributed by atoms with Crippen LogP contribution in [0.25, 0.3) is 0 Å². The van der Waals surface area contributed by atoms with Crippen molar-refractivity contribution in [3.05, 3.63) is 29.3 Å². The largest absolute Gasteiger partial charge is 0.405 e. The van der Waals surface area contributed by atoms with Crippen molar-refractivity contribution in [2.24, 2.45) is 0 Å². The van der Waals surface area contributed by atoms with Gasteiger partial charge in [-0.1, -0.05) is 6.07 Å². The smallest absolute Gasteiger partial charge is 0.374 e. The molecule has 19 heavy (non-hydrogen) atoms. The molecule has 1 atom stereocenters. The van der Waals surface area contributed by atoms with Gasteiger partial charge >= 0.3 is 6.18 Å². The Kier molecular flexibility index (Phi) is 4.80. The number of hydrogen-bond donors (Lipinski definition) is 2. The number of halogens is 3. The van der Waals surface area contributed by atoms with Crippen LogP contribution < -0.4 is 10.6 Å². The average Bonchev–Trinajstić information content (AvgIpc) is 2.29. The Morgan fingerprint density at radius 3 is 2.42 bits per heavy atom. The highest BCUT2D eigenvalue weighted by Crippen LogP contribution is 2.15. The highest BCUT2D eigenvalue weighted by atomic mass is 19.4. The van der Waals surface area contributed by atoms with E-state index in [-0.39, 0.29) is 0 Å². The standard InChI is InChI=1S/C13H17F3N2O/c1-8-4-5-11(6-9(8)2)18-10(3)12(19)17-7-13(14,15)16/h4-6,10,18H,7H2,1-3H3,(H,17,19)/t10-/m1/s1. The van der Waals surface area contributed by atoms with E-state index in [1.165, 1.54) is 6.92 Å². The number of rotatable bonds is 4. The molecule has 0 radical (unpaired) electrons. The third-order valence-corrected chi connectivity index (χ3v) is 2.75. The fourth-order valence-electron chi connectivity index (χ4n) is 1.49. The van der Waals surface area contributed by atoms with Crippen molar-refractivity contribution in [1.82, 2.24) is 5.32 Å². The van der Waals surface area contributed by atoms with E-state index >= 15 is 0 Å². The number of hydrogen-bond acceptors (Lipinski definition) is 2. The number of carbonyl (C=O) groups excluding carboxylic acids is 1. The first-order valence-corrected chi connectivity index (χ1v) is 5.87. The van der Waals surface area contributed by atoms with Gasteiger partial charge in [-0.05, 0) is 44.0 Å². The fraction of sp³-hybridized carbons (Fsp3) is 0.462. The van der Waals surface area contributed by atoms with Crippen molar-refractivity contribution < 1.29 is 18.0 Å². The number of aryl methyl sites for hydroxylation is 2. The molecule has 1 aromatic rings. The number of anilines is 1. The average molecular weight is 274 g/mol. The van der Waals surface area contributed by atoms with E-state index in [0.717, 1.165) is 11.1 Å². The Morgan fingerprint density at radius 2 is 1.89 bits per heavy atom. The van der Waals surface area contributed by atoms with E-state index in [1.54, 1.807) is 6.07 Å². The summed E-state index contributed by atoms with van der Waals surface area (Å²) in [4.78, 5) is 11.5. The second-order valence-corrected chi connectivity index (χ2v) is 4.50. The molecule has 1 rings (SSSR count). The monoisotopic (exact) mass is 274 g/mol. The van der Waals surface area contributed by atoms with E-state index in [9.17, 15) is 18.0 Å². The molecule has 0 spiro atoms. The molecule has 2 N–H and O–H groups in total. The van der Waals surface area contributed by atoms with Gasteiger partial charge in [0.15, 0.2) is 0 Å². The van der Waals surface area contributed by atoms with Gasteiger partial charge in [0.1, 0.15) is 12.6 Å². The molecular weight excluding hydrogens is 257 g/mol. The molecule has 1 amide bonds. The molecule has 0 saturated heterocycles. The van der Waals surface area contributed by atoms with Gasteiger partial charge in [-0.3, -0.25) is 4.79 Å². The SMILES string of the molecule is Cc1ccc(N[C@H](C)C(=O)NCC(F)(F)F)cc1C. The quantitative estimate of drug-likeness (QED) is 0.886. The molecule has 0 aliphatic carbocycles. The number of nitrogens with one attached hydrogen (secondary N) is 2. The first-order chi connectivity index (χ1) is 8.69. The summed E-state index contributed by atoms with van der Waals surface area (Å²) in [6, 6.07) is 4.79. The summed E-state index contributed by atoms with van der Waals surface area (Å²) >= 11 is 0. The lowest BCUT2D eigenvalue weighted by atomic mass is 10.1. The van der Waals surface area contributed by atoms with Crippen molar-refractivity contribution in [3.8, 4) is 0 Å². The lowest BCUT2D eigenvalue weighted by molar-refractivity contribution is -0.138. The van der Waals surface area contributed by atoms with Crippen LogP contribution in [0, 0.1) is 13.8 Å². The molecule has 1 aromatic carbocycles. The van der Waals surface area contributed by atoms with Gasteiger partial charge in [0.2, 0.25) is 5.91 Å². The molecule has 0 unspecified atom stereocenters. The maximum absolute atomic E-state index is 12.0. The van der Waals surface area contributed by atoms with Crippen LogP contribution in [-0.4, -0.2) is 24.7 Å². The third kappa shape index (κ3) is 5.19. The molecule has 0 fully saturated rings. The third-order valence-electron chi connectivity index (χ3n) is 2.75. The van der Waals surface area contributed by atoms with Crippen molar-refractivity contribution in [2.45, 2.75) is 33.0 Å². The maximum atomic E-state index is 12.0. The molecule has 6 heteroatoms. The summed E-state index contributed by atoms with van der Waals surface area (Å²) in [5, 5.41) is 4.71. The summed E-state index contributed by atoms with van der Waals surface area (Å²) in [6.07, 6.45) is -4.39. The van der Waals surface area contributed by atoms with Gasteiger partial charge in [-0.15, -0.1) is 0 Å². The van der Waals surface area contributed by atoms with Gasteiger partial charge in [-0.2, -0.15) is 13.2 Å². The zero-order valence-electron chi connectivity index (χ0n) is 11.1. The molecule has 0 aromatic heterocycles. The number of alkyl halides is 3. The highest BCUT2D eigenvalue weighted by Gasteiger charge is 2.28. The Hall–Kier alpha value is -1.72. The van der Waals surface area contributed by atoms with E-state index in [2.05, 4.69) is 5.32 Å². The minimum absolute atomic E-state index is 0.685. The Balaban J connectivity index is 2.56. The highest BCUT2D eigenvalue weighted by molar-refractivity contribution is 5.84. The molecule has 3 nitrogen and oxygen atoms in total. The van der Waals surface area contributed by atoms with Crippen molar-refractivity contribution in [1.29, 1.82) is 0 Å². The van der Waals surface area contributed by atoms with Crippen LogP contribution in [0.5, 0.6) is 0 Å². The van der Waals surface area contributed by atoms with Crippen LogP contribution in [0.4, 0.5) is 18.9 Å². The fourth-order valence-corrected chi connectivity index (χ4v) is 1.49. The van der Waals surface area contributed by atoms with Crippen LogP contribution in [0.15, 0.2) is 18.2 Å². The molecule has 0 bridgehead atoms. The summed E-state index contributed by atoms with van der Waals surface area (Å²) < 4.78 is 35.9. The van der Waals surface area contributed by atoms with E-state index in [4.69, 9.17) is 0 Å². The van der Waals surface area contributed by atoms with Crippen LogP contribution in [0.3, 0.4) is 0 Å². The minimum Gasteiger partial charge on any atom is -0.374 e. The predicted molar refractivity (Wildman–Crippen MR) is 68.1 cm³/mol. The summed E-state index contributed by atoms with van der Waals surface area (Å²) in [7, 11) is 0. The van der Waals surface area contributed by atoms with Crippen LogP contribution in [0.1, 0.15) is 18.1 Å². The van der Waals surface area contributed by atoms with Gasteiger partial charge in [0.25, 0.3) is 0 Å². The van der Waals surface area contributed by atoms with E-state index in [0.29, 0.717) is 5.69 Å². The topological polar surface area (TPSA) is 41.1 Å². The zero-order chi connectivity index (χ0) is 14.6. The number of carbonyl (C=O) groups is 1. The zero-order valence-corrected chi connectivity index (χ0v) is 11.1. The van der Waals surface area contributed by atoms with Crippen molar-refractivity contribution in [2.75, 3.05) is 11.9 Å². The Labute approximate surface area is 110 Å². The van der Waals surface area contributed by atoms with Gasteiger partial charge in [0.05, 0.1) is 0 Å². The minimum atomic E-state index is -4.39. The Morgan fingerprint density at radius 1 is 1.26 bits per heavy atom. The van der Waals surface area contributed by atoms with Crippen molar-refractivity contribution in [3.63, 3.8) is 0 Å². The maximum Gasteiger partial charge on any atom is 0.405 e. The van der Waals surface area contributed by atoms with Crippen LogP contribution >= 0.6 is 0 Å². The molecule has 0 saturated carbocycles. The lowest BCUT2D eigenvalue weighted by Crippen LogP contribution is -2.42. The van der Waals surface area contributed by atoms with Crippen LogP contribution in [-0.2, 0) is 4.79 Å². The molecule has 106 valence electrons. The summed E-state index contributed by atoms with van der Waals surface area (Å²) in [5.41, 5.74) is 2.87. The van der Waals surface area contributed by atoms with Crippen molar-refractivity contribution >= 4 is 11.6 Å².